The van der Waals surface area contributed by atoms with Crippen molar-refractivity contribution in [2.24, 2.45) is 0 Å². The number of rotatable bonds is 4. The first-order valence-electron chi connectivity index (χ1n) is 7.17. The maximum atomic E-state index is 9.22. The normalized spacial score (nSPS) is 17.5. The maximum absolute atomic E-state index is 9.22. The zero-order valence-corrected chi connectivity index (χ0v) is 14.5. The van der Waals surface area contributed by atoms with E-state index in [1.165, 1.54) is 5.56 Å². The molecule has 5 heteroatoms. The molecule has 2 rings (SSSR count). The highest BCUT2D eigenvalue weighted by Gasteiger charge is 2.29. The number of nitriles is 1. The second kappa shape index (κ2) is 6.78. The van der Waals surface area contributed by atoms with Crippen molar-refractivity contribution in [3.8, 4) is 11.8 Å². The lowest BCUT2D eigenvalue weighted by atomic mass is 10.0. The summed E-state index contributed by atoms with van der Waals surface area (Å²) in [5, 5.41) is 9.22. The quantitative estimate of drug-likeness (QED) is 0.836. The van der Waals surface area contributed by atoms with Crippen molar-refractivity contribution >= 4 is 15.9 Å². The molecule has 0 saturated carbocycles. The molecule has 1 aromatic rings. The van der Waals surface area contributed by atoms with E-state index in [1.807, 2.05) is 26.0 Å². The Kier molecular flexibility index (Phi) is 5.26. The van der Waals surface area contributed by atoms with E-state index in [9.17, 15) is 5.26 Å². The van der Waals surface area contributed by atoms with Crippen LogP contribution in [0.25, 0.3) is 0 Å². The van der Waals surface area contributed by atoms with E-state index >= 15 is 0 Å². The minimum atomic E-state index is -0.372. The molecule has 1 saturated heterocycles. The summed E-state index contributed by atoms with van der Waals surface area (Å²) in [4.78, 5) is 4.67. The van der Waals surface area contributed by atoms with Gasteiger partial charge in [-0.05, 0) is 37.6 Å². The Labute approximate surface area is 135 Å². The van der Waals surface area contributed by atoms with Crippen LogP contribution in [0.4, 0.5) is 0 Å². The third kappa shape index (κ3) is 3.97. The van der Waals surface area contributed by atoms with Crippen molar-refractivity contribution in [2.45, 2.75) is 25.9 Å². The molecule has 1 heterocycles. The molecular formula is C16H22BrN3O. The Bertz CT molecular complexity index is 531. The molecule has 0 aliphatic carbocycles. The molecule has 0 unspecified atom stereocenters. The fraction of sp³-hybridized carbons (Fsp3) is 0.562. The SMILES string of the molecule is COc1ccc(Br)c(CN2CCN(C(C)(C)C#N)CC2)c1. The maximum Gasteiger partial charge on any atom is 0.119 e. The summed E-state index contributed by atoms with van der Waals surface area (Å²) in [5.74, 6) is 0.887. The van der Waals surface area contributed by atoms with Gasteiger partial charge in [0.25, 0.3) is 0 Å². The number of ether oxygens (including phenoxy) is 1. The van der Waals surface area contributed by atoms with Gasteiger partial charge in [-0.15, -0.1) is 0 Å². The van der Waals surface area contributed by atoms with Gasteiger partial charge >= 0.3 is 0 Å². The monoisotopic (exact) mass is 351 g/mol. The Morgan fingerprint density at radius 2 is 1.95 bits per heavy atom. The lowest BCUT2D eigenvalue weighted by Crippen LogP contribution is -2.53. The molecule has 114 valence electrons. The molecule has 0 atom stereocenters. The number of hydrogen-bond acceptors (Lipinski definition) is 4. The van der Waals surface area contributed by atoms with E-state index in [4.69, 9.17) is 4.74 Å². The molecule has 1 fully saturated rings. The second-order valence-electron chi connectivity index (χ2n) is 5.89. The van der Waals surface area contributed by atoms with E-state index in [-0.39, 0.29) is 5.54 Å². The van der Waals surface area contributed by atoms with Gasteiger partial charge in [0.2, 0.25) is 0 Å². The van der Waals surface area contributed by atoms with Crippen LogP contribution in [-0.4, -0.2) is 48.6 Å². The molecular weight excluding hydrogens is 330 g/mol. The van der Waals surface area contributed by atoms with Crippen LogP contribution in [0.5, 0.6) is 5.75 Å². The molecule has 0 bridgehead atoms. The Morgan fingerprint density at radius 3 is 2.52 bits per heavy atom. The van der Waals surface area contributed by atoms with Crippen molar-refractivity contribution < 1.29 is 4.74 Å². The highest BCUT2D eigenvalue weighted by Crippen LogP contribution is 2.25. The number of nitrogens with zero attached hydrogens (tertiary/aromatic N) is 3. The van der Waals surface area contributed by atoms with Gasteiger partial charge in [-0.2, -0.15) is 5.26 Å². The van der Waals surface area contributed by atoms with Crippen LogP contribution in [0.3, 0.4) is 0 Å². The highest BCUT2D eigenvalue weighted by molar-refractivity contribution is 9.10. The summed E-state index contributed by atoms with van der Waals surface area (Å²) in [6.45, 7) is 8.70. The number of piperazine rings is 1. The third-order valence-corrected chi connectivity index (χ3v) is 4.86. The second-order valence-corrected chi connectivity index (χ2v) is 6.75. The fourth-order valence-corrected chi connectivity index (χ4v) is 2.95. The van der Waals surface area contributed by atoms with Crippen LogP contribution in [0.2, 0.25) is 0 Å². The lowest BCUT2D eigenvalue weighted by Gasteiger charge is -2.40. The average molecular weight is 352 g/mol. The first kappa shape index (κ1) is 16.3. The zero-order chi connectivity index (χ0) is 15.5. The molecule has 0 amide bonds. The topological polar surface area (TPSA) is 39.5 Å². The van der Waals surface area contributed by atoms with Crippen molar-refractivity contribution in [3.05, 3.63) is 28.2 Å². The van der Waals surface area contributed by atoms with Crippen LogP contribution < -0.4 is 4.74 Å². The van der Waals surface area contributed by atoms with Gasteiger partial charge in [-0.25, -0.2) is 0 Å². The molecule has 4 nitrogen and oxygen atoms in total. The smallest absolute Gasteiger partial charge is 0.119 e. The number of methoxy groups -OCH3 is 1. The van der Waals surface area contributed by atoms with Gasteiger partial charge in [-0.1, -0.05) is 15.9 Å². The molecule has 21 heavy (non-hydrogen) atoms. The molecule has 0 N–H and O–H groups in total. The first-order valence-corrected chi connectivity index (χ1v) is 7.96. The van der Waals surface area contributed by atoms with Crippen molar-refractivity contribution in [3.63, 3.8) is 0 Å². The van der Waals surface area contributed by atoms with Crippen LogP contribution in [0, 0.1) is 11.3 Å². The number of halogens is 1. The summed E-state index contributed by atoms with van der Waals surface area (Å²) in [6.07, 6.45) is 0. The summed E-state index contributed by atoms with van der Waals surface area (Å²) < 4.78 is 6.41. The van der Waals surface area contributed by atoms with Crippen LogP contribution in [0.1, 0.15) is 19.4 Å². The van der Waals surface area contributed by atoms with Gasteiger partial charge < -0.3 is 4.74 Å². The van der Waals surface area contributed by atoms with Crippen LogP contribution in [0.15, 0.2) is 22.7 Å². The van der Waals surface area contributed by atoms with Gasteiger partial charge in [0.15, 0.2) is 0 Å². The van der Waals surface area contributed by atoms with Crippen molar-refractivity contribution in [1.29, 1.82) is 5.26 Å². The average Bonchev–Trinajstić information content (AvgIpc) is 2.50. The summed E-state index contributed by atoms with van der Waals surface area (Å²) in [5.41, 5.74) is 0.866. The third-order valence-electron chi connectivity index (χ3n) is 4.08. The van der Waals surface area contributed by atoms with E-state index in [0.29, 0.717) is 0 Å². The predicted octanol–water partition coefficient (Wildman–Crippen LogP) is 2.88. The van der Waals surface area contributed by atoms with Crippen LogP contribution >= 0.6 is 15.9 Å². The zero-order valence-electron chi connectivity index (χ0n) is 12.9. The number of benzene rings is 1. The Balaban J connectivity index is 1.97. The fourth-order valence-electron chi connectivity index (χ4n) is 2.58. The summed E-state index contributed by atoms with van der Waals surface area (Å²) in [6, 6.07) is 8.45. The Hall–Kier alpha value is -1.09. The van der Waals surface area contributed by atoms with E-state index < -0.39 is 0 Å². The van der Waals surface area contributed by atoms with E-state index in [2.05, 4.69) is 37.9 Å². The summed E-state index contributed by atoms with van der Waals surface area (Å²) >= 11 is 3.61. The van der Waals surface area contributed by atoms with Gasteiger partial charge in [0.05, 0.1) is 13.2 Å². The van der Waals surface area contributed by atoms with Gasteiger partial charge in [0.1, 0.15) is 11.3 Å². The predicted molar refractivity (Wildman–Crippen MR) is 87.2 cm³/mol. The molecule has 1 aromatic carbocycles. The van der Waals surface area contributed by atoms with Crippen molar-refractivity contribution in [1.82, 2.24) is 9.80 Å². The molecule has 1 aliphatic rings. The molecule has 0 spiro atoms. The Morgan fingerprint density at radius 1 is 1.29 bits per heavy atom. The minimum absolute atomic E-state index is 0.372. The number of hydrogen-bond donors (Lipinski definition) is 0. The van der Waals surface area contributed by atoms with Gasteiger partial charge in [-0.3, -0.25) is 9.80 Å². The van der Waals surface area contributed by atoms with E-state index in [0.717, 1.165) is 42.9 Å². The molecule has 0 radical (unpaired) electrons. The molecule has 1 aliphatic heterocycles. The highest BCUT2D eigenvalue weighted by atomic mass is 79.9. The first-order chi connectivity index (χ1) is 9.96. The van der Waals surface area contributed by atoms with Crippen molar-refractivity contribution in [2.75, 3.05) is 33.3 Å². The van der Waals surface area contributed by atoms with E-state index in [1.54, 1.807) is 7.11 Å². The minimum Gasteiger partial charge on any atom is -0.497 e. The standard InChI is InChI=1S/C16H22BrN3O/c1-16(2,12-18)20-8-6-19(7-9-20)11-13-10-14(21-3)4-5-15(13)17/h4-5,10H,6-9,11H2,1-3H3. The molecule has 0 aromatic heterocycles. The lowest BCUT2D eigenvalue weighted by molar-refractivity contribution is 0.0762. The van der Waals surface area contributed by atoms with Gasteiger partial charge in [0, 0.05) is 37.2 Å². The summed E-state index contributed by atoms with van der Waals surface area (Å²) in [7, 11) is 1.69. The largest absolute Gasteiger partial charge is 0.497 e. The van der Waals surface area contributed by atoms with Crippen LogP contribution in [-0.2, 0) is 6.54 Å².